The Kier molecular flexibility index (Phi) is 5.20. The highest BCUT2D eigenvalue weighted by molar-refractivity contribution is 9.10. The van der Waals surface area contributed by atoms with Crippen molar-refractivity contribution in [2.45, 2.75) is 31.5 Å². The fourth-order valence-electron chi connectivity index (χ4n) is 2.61. The maximum Gasteiger partial charge on any atom is 0.417 e. The summed E-state index contributed by atoms with van der Waals surface area (Å²) in [6, 6.07) is 3.38. The normalized spacial score (nSPS) is 22.3. The van der Waals surface area contributed by atoms with Crippen molar-refractivity contribution in [3.8, 4) is 0 Å². The molecule has 1 amide bonds. The van der Waals surface area contributed by atoms with Crippen molar-refractivity contribution in [1.82, 2.24) is 5.32 Å². The van der Waals surface area contributed by atoms with Crippen LogP contribution in [0.25, 0.3) is 0 Å². The van der Waals surface area contributed by atoms with Gasteiger partial charge in [0.1, 0.15) is 0 Å². The average Bonchev–Trinajstić information content (AvgIpc) is 2.84. The van der Waals surface area contributed by atoms with Gasteiger partial charge in [0.15, 0.2) is 0 Å². The Morgan fingerprint density at radius 2 is 2.10 bits per heavy atom. The van der Waals surface area contributed by atoms with E-state index >= 15 is 0 Å². The summed E-state index contributed by atoms with van der Waals surface area (Å²) >= 11 is 8.82. The smallest absolute Gasteiger partial charge is 0.349 e. The molecular formula is C14H14BrClF3NO. The van der Waals surface area contributed by atoms with E-state index < -0.39 is 17.6 Å². The van der Waals surface area contributed by atoms with Crippen LogP contribution in [0.5, 0.6) is 0 Å². The predicted molar refractivity (Wildman–Crippen MR) is 78.5 cm³/mol. The third kappa shape index (κ3) is 3.92. The van der Waals surface area contributed by atoms with Crippen LogP contribution in [-0.4, -0.2) is 17.8 Å². The van der Waals surface area contributed by atoms with Crippen LogP contribution in [-0.2, 0) is 6.18 Å². The monoisotopic (exact) mass is 383 g/mol. The molecule has 21 heavy (non-hydrogen) atoms. The molecule has 1 saturated carbocycles. The lowest BCUT2D eigenvalue weighted by Gasteiger charge is -2.20. The maximum atomic E-state index is 13.0. The number of benzene rings is 1. The Bertz CT molecular complexity index is 535. The highest BCUT2D eigenvalue weighted by Gasteiger charge is 2.36. The molecule has 2 unspecified atom stereocenters. The Balaban J connectivity index is 2.23. The summed E-state index contributed by atoms with van der Waals surface area (Å²) in [4.78, 5) is 12.2. The van der Waals surface area contributed by atoms with Crippen LogP contribution in [0.1, 0.15) is 35.2 Å². The van der Waals surface area contributed by atoms with Crippen molar-refractivity contribution in [2.75, 3.05) is 5.88 Å². The highest BCUT2D eigenvalue weighted by Crippen LogP contribution is 2.34. The fraction of sp³-hybridized carbons (Fsp3) is 0.500. The number of nitrogens with one attached hydrogen (secondary N) is 1. The molecule has 0 bridgehead atoms. The molecular weight excluding hydrogens is 371 g/mol. The molecule has 2 atom stereocenters. The van der Waals surface area contributed by atoms with Crippen molar-refractivity contribution in [1.29, 1.82) is 0 Å². The Morgan fingerprint density at radius 1 is 1.38 bits per heavy atom. The van der Waals surface area contributed by atoms with Crippen molar-refractivity contribution < 1.29 is 18.0 Å². The second-order valence-corrected chi connectivity index (χ2v) is 6.34. The number of hydrogen-bond donors (Lipinski definition) is 1. The van der Waals surface area contributed by atoms with Gasteiger partial charge in [-0.1, -0.05) is 22.4 Å². The van der Waals surface area contributed by atoms with Crippen molar-refractivity contribution in [3.05, 3.63) is 33.8 Å². The largest absolute Gasteiger partial charge is 0.417 e. The zero-order valence-corrected chi connectivity index (χ0v) is 13.4. The van der Waals surface area contributed by atoms with Crippen LogP contribution in [0.4, 0.5) is 13.2 Å². The summed E-state index contributed by atoms with van der Waals surface area (Å²) in [5, 5.41) is 2.69. The van der Waals surface area contributed by atoms with Gasteiger partial charge in [-0.3, -0.25) is 4.79 Å². The number of alkyl halides is 4. The van der Waals surface area contributed by atoms with Crippen molar-refractivity contribution >= 4 is 33.4 Å². The van der Waals surface area contributed by atoms with Crippen LogP contribution in [0.2, 0.25) is 0 Å². The molecule has 1 aromatic rings. The van der Waals surface area contributed by atoms with E-state index in [2.05, 4.69) is 21.2 Å². The van der Waals surface area contributed by atoms with E-state index in [0.29, 0.717) is 5.88 Å². The summed E-state index contributed by atoms with van der Waals surface area (Å²) in [6.45, 7) is 0. The zero-order chi connectivity index (χ0) is 15.6. The molecule has 1 aliphatic carbocycles. The van der Waals surface area contributed by atoms with Crippen LogP contribution in [0.15, 0.2) is 22.7 Å². The molecule has 0 heterocycles. The van der Waals surface area contributed by atoms with Crippen molar-refractivity contribution in [2.24, 2.45) is 5.92 Å². The molecule has 0 aromatic heterocycles. The van der Waals surface area contributed by atoms with E-state index in [1.54, 1.807) is 0 Å². The molecule has 2 rings (SSSR count). The van der Waals surface area contributed by atoms with Gasteiger partial charge >= 0.3 is 6.18 Å². The van der Waals surface area contributed by atoms with Gasteiger partial charge in [0.05, 0.1) is 11.1 Å². The van der Waals surface area contributed by atoms with Gasteiger partial charge in [0.2, 0.25) is 0 Å². The molecule has 7 heteroatoms. The minimum atomic E-state index is -4.57. The quantitative estimate of drug-likeness (QED) is 0.758. The van der Waals surface area contributed by atoms with Gasteiger partial charge in [-0.25, -0.2) is 0 Å². The third-order valence-electron chi connectivity index (χ3n) is 3.71. The first kappa shape index (κ1) is 16.6. The van der Waals surface area contributed by atoms with Crippen LogP contribution in [0, 0.1) is 5.92 Å². The molecule has 1 aromatic carbocycles. The SMILES string of the molecule is O=C(NC1CCCC1CCl)c1ccc(Br)cc1C(F)(F)F. The Morgan fingerprint density at radius 3 is 2.71 bits per heavy atom. The molecule has 0 radical (unpaired) electrons. The van der Waals surface area contributed by atoms with Crippen LogP contribution >= 0.6 is 27.5 Å². The maximum absolute atomic E-state index is 13.0. The zero-order valence-electron chi connectivity index (χ0n) is 11.0. The summed E-state index contributed by atoms with van der Waals surface area (Å²) < 4.78 is 39.4. The average molecular weight is 385 g/mol. The Labute approximate surface area is 134 Å². The van der Waals surface area contributed by atoms with Gasteiger partial charge in [0, 0.05) is 16.4 Å². The molecule has 0 saturated heterocycles. The minimum absolute atomic E-state index is 0.125. The molecule has 1 N–H and O–H groups in total. The number of carbonyl (C=O) groups excluding carboxylic acids is 1. The number of carbonyl (C=O) groups is 1. The van der Waals surface area contributed by atoms with Gasteiger partial charge in [-0.15, -0.1) is 11.6 Å². The van der Waals surface area contributed by atoms with Gasteiger partial charge in [0.25, 0.3) is 5.91 Å². The van der Waals surface area contributed by atoms with Gasteiger partial charge in [-0.05, 0) is 37.0 Å². The van der Waals surface area contributed by atoms with E-state index in [4.69, 9.17) is 11.6 Å². The number of halogens is 5. The van der Waals surface area contributed by atoms with E-state index in [1.165, 1.54) is 12.1 Å². The van der Waals surface area contributed by atoms with Gasteiger partial charge in [-0.2, -0.15) is 13.2 Å². The van der Waals surface area contributed by atoms with E-state index in [9.17, 15) is 18.0 Å². The number of hydrogen-bond acceptors (Lipinski definition) is 1. The molecule has 0 spiro atoms. The molecule has 1 aliphatic rings. The highest BCUT2D eigenvalue weighted by atomic mass is 79.9. The third-order valence-corrected chi connectivity index (χ3v) is 4.60. The van der Waals surface area contributed by atoms with Crippen molar-refractivity contribution in [3.63, 3.8) is 0 Å². The number of amides is 1. The topological polar surface area (TPSA) is 29.1 Å². The lowest BCUT2D eigenvalue weighted by molar-refractivity contribution is -0.138. The van der Waals surface area contributed by atoms with E-state index in [1.807, 2.05) is 0 Å². The second-order valence-electron chi connectivity index (χ2n) is 5.11. The van der Waals surface area contributed by atoms with Crippen LogP contribution in [0.3, 0.4) is 0 Å². The summed E-state index contributed by atoms with van der Waals surface area (Å²) in [6.07, 6.45) is -2.01. The molecule has 2 nitrogen and oxygen atoms in total. The second kappa shape index (κ2) is 6.57. The lowest BCUT2D eigenvalue weighted by Crippen LogP contribution is -2.38. The minimum Gasteiger partial charge on any atom is -0.349 e. The number of rotatable bonds is 3. The lowest BCUT2D eigenvalue weighted by atomic mass is 10.0. The predicted octanol–water partition coefficient (Wildman–Crippen LogP) is 4.61. The summed E-state index contributed by atoms with van der Waals surface area (Å²) in [7, 11) is 0. The first-order valence-electron chi connectivity index (χ1n) is 6.56. The summed E-state index contributed by atoms with van der Waals surface area (Å²) in [5.41, 5.74) is -1.29. The molecule has 116 valence electrons. The van der Waals surface area contributed by atoms with Gasteiger partial charge < -0.3 is 5.32 Å². The van der Waals surface area contributed by atoms with Crippen LogP contribution < -0.4 is 5.32 Å². The first-order chi connectivity index (χ1) is 9.82. The fourth-order valence-corrected chi connectivity index (χ4v) is 3.34. The summed E-state index contributed by atoms with van der Waals surface area (Å²) in [5.74, 6) is -0.172. The molecule has 0 aliphatic heterocycles. The standard InChI is InChI=1S/C14H14BrClF3NO/c15-9-4-5-10(11(6-9)14(17,18)19)13(21)20-12-3-1-2-8(12)7-16/h4-6,8,12H,1-3,7H2,(H,20,21). The Hall–Kier alpha value is -0.750. The first-order valence-corrected chi connectivity index (χ1v) is 7.89. The van der Waals surface area contributed by atoms with E-state index in [0.717, 1.165) is 25.3 Å². The molecule has 1 fully saturated rings. The van der Waals surface area contributed by atoms with E-state index in [-0.39, 0.29) is 22.0 Å².